The van der Waals surface area contributed by atoms with Crippen molar-refractivity contribution in [3.8, 4) is 11.5 Å². The van der Waals surface area contributed by atoms with Crippen LogP contribution in [-0.2, 0) is 19.6 Å². The van der Waals surface area contributed by atoms with Crippen LogP contribution in [0.5, 0.6) is 11.5 Å². The van der Waals surface area contributed by atoms with Crippen LogP contribution in [0.2, 0.25) is 0 Å². The molecule has 172 valence electrons. The van der Waals surface area contributed by atoms with Crippen LogP contribution in [0.25, 0.3) is 0 Å². The lowest BCUT2D eigenvalue weighted by Crippen LogP contribution is -2.72. The van der Waals surface area contributed by atoms with Gasteiger partial charge in [-0.15, -0.1) is 0 Å². The Labute approximate surface area is 187 Å². The van der Waals surface area contributed by atoms with Crippen molar-refractivity contribution < 1.29 is 33.3 Å². The van der Waals surface area contributed by atoms with E-state index in [9.17, 15) is 9.59 Å². The van der Waals surface area contributed by atoms with Crippen LogP contribution in [0.3, 0.4) is 0 Å². The quantitative estimate of drug-likeness (QED) is 0.660. The molecule has 2 aliphatic carbocycles. The van der Waals surface area contributed by atoms with Gasteiger partial charge in [0.2, 0.25) is 5.79 Å². The summed E-state index contributed by atoms with van der Waals surface area (Å²) in [4.78, 5) is 28.6. The molecule has 2 saturated heterocycles. The van der Waals surface area contributed by atoms with Crippen LogP contribution in [0, 0.1) is 5.92 Å². The zero-order valence-electron chi connectivity index (χ0n) is 18.9. The van der Waals surface area contributed by atoms with Gasteiger partial charge in [-0.25, -0.2) is 4.79 Å². The van der Waals surface area contributed by atoms with Crippen LogP contribution in [0.4, 0.5) is 4.79 Å². The van der Waals surface area contributed by atoms with Gasteiger partial charge in [-0.05, 0) is 45.7 Å². The van der Waals surface area contributed by atoms with Crippen molar-refractivity contribution in [3.63, 3.8) is 0 Å². The summed E-state index contributed by atoms with van der Waals surface area (Å²) in [6.07, 6.45) is 1.13. The van der Waals surface area contributed by atoms with Crippen molar-refractivity contribution >= 4 is 11.9 Å². The van der Waals surface area contributed by atoms with Crippen molar-refractivity contribution in [3.05, 3.63) is 23.3 Å². The molecule has 0 radical (unpaired) electrons. The van der Waals surface area contributed by atoms with E-state index in [4.69, 9.17) is 23.7 Å². The van der Waals surface area contributed by atoms with Gasteiger partial charge in [0.05, 0.1) is 20.3 Å². The fraction of sp³-hybridized carbons (Fsp3) is 0.667. The molecule has 1 amide bonds. The normalized spacial score (nSPS) is 33.7. The van der Waals surface area contributed by atoms with E-state index in [0.29, 0.717) is 56.1 Å². The van der Waals surface area contributed by atoms with Crippen molar-refractivity contribution in [2.24, 2.45) is 5.92 Å². The summed E-state index contributed by atoms with van der Waals surface area (Å²) in [6.45, 7) is 6.97. The monoisotopic (exact) mass is 443 g/mol. The second-order valence-electron chi connectivity index (χ2n) is 10.4. The third-order valence-corrected chi connectivity index (χ3v) is 7.80. The summed E-state index contributed by atoms with van der Waals surface area (Å²) in [5, 5.41) is 0. The highest BCUT2D eigenvalue weighted by Gasteiger charge is 2.73. The molecule has 1 saturated carbocycles. The van der Waals surface area contributed by atoms with Crippen LogP contribution in [0.15, 0.2) is 12.1 Å². The van der Waals surface area contributed by atoms with Crippen LogP contribution < -0.4 is 9.47 Å². The first kappa shape index (κ1) is 20.3. The summed E-state index contributed by atoms with van der Waals surface area (Å²) in [5.41, 5.74) is 0.408. The molecule has 1 aromatic carbocycles. The topological polar surface area (TPSA) is 83.5 Å². The minimum Gasteiger partial charge on any atom is -0.493 e. The van der Waals surface area contributed by atoms with E-state index in [1.165, 1.54) is 0 Å². The number of ether oxygens (including phenoxy) is 5. The summed E-state index contributed by atoms with van der Waals surface area (Å²) in [7, 11) is 1.61. The Hall–Kier alpha value is -2.32. The van der Waals surface area contributed by atoms with E-state index in [0.717, 1.165) is 5.56 Å². The summed E-state index contributed by atoms with van der Waals surface area (Å²) < 4.78 is 30.3. The van der Waals surface area contributed by atoms with Crippen LogP contribution in [-0.4, -0.2) is 67.2 Å². The van der Waals surface area contributed by atoms with Crippen molar-refractivity contribution in [2.45, 2.75) is 69.0 Å². The number of benzene rings is 1. The molecule has 8 heteroatoms. The van der Waals surface area contributed by atoms with Gasteiger partial charge in [0.1, 0.15) is 11.6 Å². The molecule has 5 aliphatic rings. The van der Waals surface area contributed by atoms with Gasteiger partial charge in [0, 0.05) is 35.4 Å². The Kier molecular flexibility index (Phi) is 4.05. The molecule has 0 aromatic heterocycles. The van der Waals surface area contributed by atoms with E-state index >= 15 is 0 Å². The van der Waals surface area contributed by atoms with Gasteiger partial charge >= 0.3 is 6.09 Å². The molecule has 32 heavy (non-hydrogen) atoms. The average molecular weight is 443 g/mol. The highest BCUT2D eigenvalue weighted by atomic mass is 16.8. The Morgan fingerprint density at radius 1 is 1.19 bits per heavy atom. The number of methoxy groups -OCH3 is 1. The van der Waals surface area contributed by atoms with Gasteiger partial charge in [-0.2, -0.15) is 0 Å². The SMILES string of the molecule is COc1ccc2c3c1O[C@H]1C4(CC[C@H]5[C@@H](C2=O)N(C(=O)OC(C)(C)C)CC[C@@]351)OCCO4. The summed E-state index contributed by atoms with van der Waals surface area (Å²) >= 11 is 0. The smallest absolute Gasteiger partial charge is 0.410 e. The molecule has 1 aromatic rings. The molecular weight excluding hydrogens is 414 g/mol. The third kappa shape index (κ3) is 2.40. The average Bonchev–Trinajstić information content (AvgIpc) is 3.34. The number of ketones is 1. The lowest BCUT2D eigenvalue weighted by molar-refractivity contribution is -0.258. The molecule has 8 nitrogen and oxygen atoms in total. The maximum atomic E-state index is 13.8. The second-order valence-corrected chi connectivity index (χ2v) is 10.4. The fourth-order valence-electron chi connectivity index (χ4n) is 6.79. The Morgan fingerprint density at radius 3 is 2.62 bits per heavy atom. The van der Waals surface area contributed by atoms with Crippen LogP contribution >= 0.6 is 0 Å². The number of hydrogen-bond acceptors (Lipinski definition) is 7. The van der Waals surface area contributed by atoms with Gasteiger partial charge in [-0.1, -0.05) is 0 Å². The number of piperidine rings is 1. The maximum absolute atomic E-state index is 13.8. The van der Waals surface area contributed by atoms with E-state index < -0.39 is 35.0 Å². The van der Waals surface area contributed by atoms with E-state index in [1.54, 1.807) is 18.1 Å². The second kappa shape index (κ2) is 6.38. The number of carbonyl (C=O) groups is 2. The molecule has 2 bridgehead atoms. The largest absolute Gasteiger partial charge is 0.493 e. The summed E-state index contributed by atoms with van der Waals surface area (Å²) in [5.74, 6) is 0.249. The first-order valence-corrected chi connectivity index (χ1v) is 11.4. The van der Waals surface area contributed by atoms with Crippen molar-refractivity contribution in [2.75, 3.05) is 26.9 Å². The predicted octanol–water partition coefficient (Wildman–Crippen LogP) is 3.05. The number of Topliss-reactive ketones (excluding diaryl/α,β-unsaturated/α-hetero) is 1. The fourth-order valence-corrected chi connectivity index (χ4v) is 6.79. The van der Waals surface area contributed by atoms with Crippen LogP contribution in [0.1, 0.15) is 56.0 Å². The van der Waals surface area contributed by atoms with E-state index in [1.807, 2.05) is 26.8 Å². The number of hydrogen-bond donors (Lipinski definition) is 0. The zero-order chi connectivity index (χ0) is 22.5. The van der Waals surface area contributed by atoms with Gasteiger partial charge in [0.25, 0.3) is 0 Å². The molecule has 3 aliphatic heterocycles. The number of carbonyl (C=O) groups excluding carboxylic acids is 2. The molecule has 0 unspecified atom stereocenters. The molecule has 0 N–H and O–H groups in total. The molecule has 4 atom stereocenters. The molecule has 2 spiro atoms. The number of amides is 1. The molecule has 3 heterocycles. The standard InChI is InChI=1S/C24H29NO7/c1-22(2,3)32-21(27)25-10-9-23-14-7-8-24(29-11-12-30-24)20(23)31-19-15(28-4)6-5-13(16(19)23)18(26)17(14)25/h5-6,14,17,20H,7-12H2,1-4H3/t14-,17-,20+,23-/m0/s1. The van der Waals surface area contributed by atoms with E-state index in [2.05, 4.69) is 0 Å². The zero-order valence-corrected chi connectivity index (χ0v) is 18.9. The highest BCUT2D eigenvalue weighted by Crippen LogP contribution is 2.66. The van der Waals surface area contributed by atoms with E-state index in [-0.39, 0.29) is 11.7 Å². The molecule has 3 fully saturated rings. The van der Waals surface area contributed by atoms with Gasteiger partial charge < -0.3 is 23.7 Å². The number of nitrogens with zero attached hydrogens (tertiary/aromatic N) is 1. The lowest BCUT2D eigenvalue weighted by Gasteiger charge is -2.59. The minimum absolute atomic E-state index is 0.0523. The third-order valence-electron chi connectivity index (χ3n) is 7.80. The highest BCUT2D eigenvalue weighted by molar-refractivity contribution is 6.06. The number of rotatable bonds is 1. The van der Waals surface area contributed by atoms with Gasteiger partial charge in [-0.3, -0.25) is 9.69 Å². The molecule has 6 rings (SSSR count). The number of likely N-dealkylation sites (tertiary alicyclic amines) is 1. The maximum Gasteiger partial charge on any atom is 0.410 e. The Bertz CT molecular complexity index is 1010. The Balaban J connectivity index is 1.52. The number of fused-ring (bicyclic) bond motifs is 1. The van der Waals surface area contributed by atoms with Crippen molar-refractivity contribution in [1.29, 1.82) is 0 Å². The lowest BCUT2D eigenvalue weighted by atomic mass is 9.50. The minimum atomic E-state index is -0.836. The van der Waals surface area contributed by atoms with Crippen molar-refractivity contribution in [1.82, 2.24) is 4.90 Å². The summed E-state index contributed by atoms with van der Waals surface area (Å²) in [6, 6.07) is 3.00. The first-order valence-electron chi connectivity index (χ1n) is 11.4. The first-order chi connectivity index (χ1) is 15.2. The molecular formula is C24H29NO7. The Morgan fingerprint density at radius 2 is 1.94 bits per heavy atom. The van der Waals surface area contributed by atoms with Gasteiger partial charge in [0.15, 0.2) is 23.4 Å². The predicted molar refractivity (Wildman–Crippen MR) is 112 cm³/mol.